The number of benzene rings is 1. The first kappa shape index (κ1) is 19.9. The van der Waals surface area contributed by atoms with Crippen molar-refractivity contribution in [3.63, 3.8) is 0 Å². The summed E-state index contributed by atoms with van der Waals surface area (Å²) >= 11 is 1.31. The smallest absolute Gasteiger partial charge is 0.277 e. The molecule has 1 aliphatic rings. The lowest BCUT2D eigenvalue weighted by Crippen LogP contribution is -2.46. The number of hydrogen-bond donors (Lipinski definition) is 1. The zero-order valence-electron chi connectivity index (χ0n) is 16.8. The van der Waals surface area contributed by atoms with Gasteiger partial charge in [-0.25, -0.2) is 0 Å². The van der Waals surface area contributed by atoms with Crippen LogP contribution >= 0.6 is 11.8 Å². The number of aromatic nitrogens is 2. The number of nitrogens with one attached hydrogen (secondary N) is 1. The molecule has 5 nitrogen and oxygen atoms in total. The van der Waals surface area contributed by atoms with Crippen molar-refractivity contribution in [1.29, 1.82) is 0 Å². The second kappa shape index (κ2) is 8.46. The van der Waals surface area contributed by atoms with Crippen LogP contribution in [0.15, 0.2) is 27.8 Å². The Labute approximate surface area is 165 Å². The molecule has 4 atom stereocenters. The zero-order chi connectivity index (χ0) is 19.6. The Balaban J connectivity index is 1.60. The predicted octanol–water partition coefficient (Wildman–Crippen LogP) is 4.77. The average molecular weight is 388 g/mol. The molecule has 0 spiro atoms. The highest BCUT2D eigenvalue weighted by molar-refractivity contribution is 8.00. The number of nitrogens with zero attached hydrogens (tertiary/aromatic N) is 2. The minimum absolute atomic E-state index is 0.0388. The standard InChI is InChI=1S/C21H29N3O2S/c1-12-9-10-17(11-14(12)3)20-23-24-21(26-20)27-16(5)19(25)22-18-8-6-7-13(2)15(18)4/h9-11,13,15-16,18H,6-8H2,1-5H3,(H,22,25)/t13-,15-,16+,18+/m0/s1. The van der Waals surface area contributed by atoms with Gasteiger partial charge in [-0.1, -0.05) is 44.5 Å². The van der Waals surface area contributed by atoms with E-state index in [9.17, 15) is 4.79 Å². The van der Waals surface area contributed by atoms with Crippen molar-refractivity contribution in [2.75, 3.05) is 0 Å². The summed E-state index contributed by atoms with van der Waals surface area (Å²) in [6.45, 7) is 10.5. The number of carbonyl (C=O) groups excluding carboxylic acids is 1. The van der Waals surface area contributed by atoms with Gasteiger partial charge < -0.3 is 9.73 Å². The number of aryl methyl sites for hydroxylation is 2. The summed E-state index contributed by atoms with van der Waals surface area (Å²) in [4.78, 5) is 12.6. The molecule has 2 aromatic rings. The second-order valence-electron chi connectivity index (χ2n) is 7.81. The lowest BCUT2D eigenvalue weighted by atomic mass is 9.78. The lowest BCUT2D eigenvalue weighted by molar-refractivity contribution is -0.121. The van der Waals surface area contributed by atoms with Crippen molar-refractivity contribution >= 4 is 17.7 Å². The maximum atomic E-state index is 12.6. The fraction of sp³-hybridized carbons (Fsp3) is 0.571. The van der Waals surface area contributed by atoms with Gasteiger partial charge in [0, 0.05) is 11.6 Å². The highest BCUT2D eigenvalue weighted by Gasteiger charge is 2.30. The van der Waals surface area contributed by atoms with E-state index >= 15 is 0 Å². The van der Waals surface area contributed by atoms with Gasteiger partial charge in [0.05, 0.1) is 5.25 Å². The van der Waals surface area contributed by atoms with Gasteiger partial charge in [0.1, 0.15) is 0 Å². The molecule has 0 bridgehead atoms. The van der Waals surface area contributed by atoms with E-state index in [4.69, 9.17) is 4.42 Å². The van der Waals surface area contributed by atoms with Crippen molar-refractivity contribution in [1.82, 2.24) is 15.5 Å². The van der Waals surface area contributed by atoms with Gasteiger partial charge in [-0.05, 0) is 62.3 Å². The number of rotatable bonds is 5. The Bertz CT molecular complexity index is 804. The van der Waals surface area contributed by atoms with Crippen molar-refractivity contribution < 1.29 is 9.21 Å². The molecule has 1 aromatic carbocycles. The summed E-state index contributed by atoms with van der Waals surface area (Å²) in [7, 11) is 0. The maximum absolute atomic E-state index is 12.6. The highest BCUT2D eigenvalue weighted by Crippen LogP contribution is 2.31. The van der Waals surface area contributed by atoms with Crippen molar-refractivity contribution in [2.45, 2.75) is 70.4 Å². The van der Waals surface area contributed by atoms with Gasteiger partial charge in [0.25, 0.3) is 5.22 Å². The normalized spacial score (nSPS) is 23.8. The molecule has 1 aliphatic carbocycles. The first-order valence-corrected chi connectivity index (χ1v) is 10.6. The SMILES string of the molecule is Cc1ccc(-c2nnc(S[C@H](C)C(=O)N[C@@H]3CCC[C@H](C)[C@@H]3C)o2)cc1C. The van der Waals surface area contributed by atoms with Crippen LogP contribution in [0, 0.1) is 25.7 Å². The molecule has 1 N–H and O–H groups in total. The third-order valence-corrected chi connectivity index (χ3v) is 6.78. The van der Waals surface area contributed by atoms with Crippen molar-refractivity contribution in [3.8, 4) is 11.5 Å². The van der Waals surface area contributed by atoms with Crippen LogP contribution in [-0.4, -0.2) is 27.4 Å². The number of amides is 1. The summed E-state index contributed by atoms with van der Waals surface area (Å²) in [5.74, 6) is 1.70. The molecule has 0 radical (unpaired) electrons. The maximum Gasteiger partial charge on any atom is 0.277 e. The third-order valence-electron chi connectivity index (χ3n) is 5.84. The van der Waals surface area contributed by atoms with Crippen LogP contribution in [-0.2, 0) is 4.79 Å². The van der Waals surface area contributed by atoms with E-state index in [2.05, 4.69) is 43.2 Å². The van der Waals surface area contributed by atoms with E-state index in [1.165, 1.54) is 35.7 Å². The topological polar surface area (TPSA) is 68.0 Å². The number of carbonyl (C=O) groups is 1. The summed E-state index contributed by atoms with van der Waals surface area (Å²) < 4.78 is 5.77. The van der Waals surface area contributed by atoms with Gasteiger partial charge in [-0.3, -0.25) is 4.79 Å². The van der Waals surface area contributed by atoms with Crippen LogP contribution in [0.1, 0.15) is 51.2 Å². The number of thioether (sulfide) groups is 1. The highest BCUT2D eigenvalue weighted by atomic mass is 32.2. The molecule has 0 unspecified atom stereocenters. The minimum atomic E-state index is -0.275. The van der Waals surface area contributed by atoms with E-state index in [-0.39, 0.29) is 17.2 Å². The average Bonchev–Trinajstić information content (AvgIpc) is 3.09. The predicted molar refractivity (Wildman–Crippen MR) is 109 cm³/mol. The van der Waals surface area contributed by atoms with E-state index < -0.39 is 0 Å². The Kier molecular flexibility index (Phi) is 6.25. The molecule has 3 rings (SSSR count). The fourth-order valence-corrected chi connectivity index (χ4v) is 4.23. The fourth-order valence-electron chi connectivity index (χ4n) is 3.54. The lowest BCUT2D eigenvalue weighted by Gasteiger charge is -2.35. The van der Waals surface area contributed by atoms with Crippen LogP contribution in [0.3, 0.4) is 0 Å². The van der Waals surface area contributed by atoms with Gasteiger partial charge in [0.15, 0.2) is 0 Å². The van der Waals surface area contributed by atoms with Crippen LogP contribution in [0.2, 0.25) is 0 Å². The Morgan fingerprint density at radius 1 is 1.22 bits per heavy atom. The first-order chi connectivity index (χ1) is 12.8. The monoisotopic (exact) mass is 387 g/mol. The Hall–Kier alpha value is -1.82. The Morgan fingerprint density at radius 2 is 2.00 bits per heavy atom. The van der Waals surface area contributed by atoms with Crippen LogP contribution in [0.4, 0.5) is 0 Å². The third kappa shape index (κ3) is 4.72. The van der Waals surface area contributed by atoms with Gasteiger partial charge in [-0.2, -0.15) is 0 Å². The van der Waals surface area contributed by atoms with Crippen molar-refractivity contribution in [2.24, 2.45) is 11.8 Å². The molecule has 1 amide bonds. The van der Waals surface area contributed by atoms with Crippen LogP contribution < -0.4 is 5.32 Å². The number of hydrogen-bond acceptors (Lipinski definition) is 5. The molecular weight excluding hydrogens is 358 g/mol. The first-order valence-electron chi connectivity index (χ1n) is 9.73. The molecule has 27 heavy (non-hydrogen) atoms. The van der Waals surface area contributed by atoms with Gasteiger partial charge in [-0.15, -0.1) is 10.2 Å². The zero-order valence-corrected chi connectivity index (χ0v) is 17.6. The minimum Gasteiger partial charge on any atom is -0.411 e. The molecule has 1 saturated carbocycles. The van der Waals surface area contributed by atoms with Crippen LogP contribution in [0.5, 0.6) is 0 Å². The van der Waals surface area contributed by atoms with E-state index in [0.717, 1.165) is 12.0 Å². The van der Waals surface area contributed by atoms with E-state index in [1.807, 2.05) is 25.1 Å². The quantitative estimate of drug-likeness (QED) is 0.748. The molecule has 6 heteroatoms. The molecule has 146 valence electrons. The molecule has 0 saturated heterocycles. The van der Waals surface area contributed by atoms with Crippen molar-refractivity contribution in [3.05, 3.63) is 29.3 Å². The molecule has 1 heterocycles. The van der Waals surface area contributed by atoms with E-state index in [0.29, 0.717) is 22.9 Å². The largest absolute Gasteiger partial charge is 0.411 e. The summed E-state index contributed by atoms with van der Waals surface area (Å²) in [6.07, 6.45) is 3.49. The molecule has 1 aromatic heterocycles. The van der Waals surface area contributed by atoms with Gasteiger partial charge >= 0.3 is 0 Å². The molecule has 1 fully saturated rings. The second-order valence-corrected chi connectivity index (χ2v) is 9.11. The van der Waals surface area contributed by atoms with E-state index in [1.54, 1.807) is 0 Å². The Morgan fingerprint density at radius 3 is 2.74 bits per heavy atom. The molecule has 0 aliphatic heterocycles. The van der Waals surface area contributed by atoms with Gasteiger partial charge in [0.2, 0.25) is 11.8 Å². The molecular formula is C21H29N3O2S. The summed E-state index contributed by atoms with van der Waals surface area (Å²) in [5.41, 5.74) is 3.31. The van der Waals surface area contributed by atoms with Crippen LogP contribution in [0.25, 0.3) is 11.5 Å². The summed E-state index contributed by atoms with van der Waals surface area (Å²) in [6, 6.07) is 6.33. The summed E-state index contributed by atoms with van der Waals surface area (Å²) in [5, 5.41) is 11.6.